The van der Waals surface area contributed by atoms with Gasteiger partial charge in [0.15, 0.2) is 0 Å². The van der Waals surface area contributed by atoms with E-state index in [1.54, 1.807) is 45.0 Å². The Morgan fingerprint density at radius 1 is 0.694 bits per heavy atom. The van der Waals surface area contributed by atoms with Gasteiger partial charge in [-0.3, -0.25) is 14.4 Å². The van der Waals surface area contributed by atoms with Crippen molar-refractivity contribution in [2.45, 2.75) is 96.5 Å². The maximum absolute atomic E-state index is 14.7. The van der Waals surface area contributed by atoms with Crippen LogP contribution in [0.25, 0.3) is 0 Å². The number of nitrogens with zero attached hydrogens (tertiary/aromatic N) is 1. The van der Waals surface area contributed by atoms with Crippen LogP contribution in [0.3, 0.4) is 0 Å². The van der Waals surface area contributed by atoms with Gasteiger partial charge in [-0.15, -0.1) is 0 Å². The van der Waals surface area contributed by atoms with Crippen LogP contribution in [0.1, 0.15) is 64.2 Å². The number of rotatable bonds is 15. The van der Waals surface area contributed by atoms with Gasteiger partial charge >= 0.3 is 6.03 Å². The first-order valence-corrected chi connectivity index (χ1v) is 17.0. The van der Waals surface area contributed by atoms with E-state index in [9.17, 15) is 24.3 Å². The molecule has 10 heteroatoms. The number of hydrogen-bond acceptors (Lipinski definition) is 7. The van der Waals surface area contributed by atoms with Crippen molar-refractivity contribution < 1.29 is 24.3 Å². The third-order valence-electron chi connectivity index (χ3n) is 8.09. The molecule has 5 amide bonds. The topological polar surface area (TPSA) is 168 Å². The molecule has 0 fully saturated rings. The summed E-state index contributed by atoms with van der Waals surface area (Å²) in [5.41, 5.74) is 14.6. The zero-order valence-electron chi connectivity index (χ0n) is 29.3. The molecule has 0 aliphatic carbocycles. The lowest BCUT2D eigenvalue weighted by atomic mass is 9.88. The van der Waals surface area contributed by atoms with Crippen molar-refractivity contribution >= 4 is 23.8 Å². The van der Waals surface area contributed by atoms with Gasteiger partial charge in [0.05, 0.1) is 12.1 Å². The minimum atomic E-state index is -1.29. The molecule has 5 atom stereocenters. The summed E-state index contributed by atoms with van der Waals surface area (Å²) in [5, 5.41) is 16.8. The van der Waals surface area contributed by atoms with Crippen LogP contribution < -0.4 is 22.1 Å². The summed E-state index contributed by atoms with van der Waals surface area (Å²) in [6, 6.07) is 23.9. The molecule has 0 radical (unpaired) electrons. The van der Waals surface area contributed by atoms with Crippen molar-refractivity contribution in [3.05, 3.63) is 108 Å². The van der Waals surface area contributed by atoms with Gasteiger partial charge in [0.25, 0.3) is 11.8 Å². The minimum absolute atomic E-state index is 0.000249. The lowest BCUT2D eigenvalue weighted by Gasteiger charge is -2.32. The minimum Gasteiger partial charge on any atom is -0.391 e. The van der Waals surface area contributed by atoms with Crippen LogP contribution in [0, 0.1) is 11.8 Å². The molecule has 0 saturated carbocycles. The third-order valence-corrected chi connectivity index (χ3v) is 8.09. The van der Waals surface area contributed by atoms with Crippen LogP contribution in [0.4, 0.5) is 4.79 Å². The molecule has 0 saturated heterocycles. The predicted molar refractivity (Wildman–Crippen MR) is 192 cm³/mol. The van der Waals surface area contributed by atoms with Crippen LogP contribution >= 0.6 is 0 Å². The first-order valence-electron chi connectivity index (χ1n) is 17.0. The van der Waals surface area contributed by atoms with Crippen molar-refractivity contribution in [3.8, 4) is 0 Å². The van der Waals surface area contributed by atoms with Gasteiger partial charge in [-0.2, -0.15) is 0 Å². The summed E-state index contributed by atoms with van der Waals surface area (Å²) >= 11 is 0. The lowest BCUT2D eigenvalue weighted by Crippen LogP contribution is -2.60. The third kappa shape index (κ3) is 12.9. The maximum Gasteiger partial charge on any atom is 0.315 e. The van der Waals surface area contributed by atoms with Gasteiger partial charge in [0.2, 0.25) is 5.91 Å². The summed E-state index contributed by atoms with van der Waals surface area (Å²) < 4.78 is 0. The van der Waals surface area contributed by atoms with E-state index in [4.69, 9.17) is 11.5 Å². The Kier molecular flexibility index (Phi) is 14.7. The van der Waals surface area contributed by atoms with Crippen LogP contribution in [-0.4, -0.2) is 63.5 Å². The lowest BCUT2D eigenvalue weighted by molar-refractivity contribution is -0.158. The van der Waals surface area contributed by atoms with E-state index in [0.717, 1.165) is 11.1 Å². The summed E-state index contributed by atoms with van der Waals surface area (Å²) in [7, 11) is 0. The second-order valence-corrected chi connectivity index (χ2v) is 14.2. The largest absolute Gasteiger partial charge is 0.391 e. The fourth-order valence-electron chi connectivity index (χ4n) is 5.68. The van der Waals surface area contributed by atoms with Crippen LogP contribution in [0.15, 0.2) is 91.0 Å². The fraction of sp³-hybridized carbons (Fsp3) is 0.436. The number of carbonyl (C=O) groups is 4. The highest BCUT2D eigenvalue weighted by Crippen LogP contribution is 2.22. The molecule has 3 aromatic rings. The quantitative estimate of drug-likeness (QED) is 0.162. The number of aliphatic hydroxyl groups excluding tert-OH is 1. The zero-order valence-corrected chi connectivity index (χ0v) is 29.3. The Hall–Kier alpha value is -4.38. The Morgan fingerprint density at radius 2 is 1.16 bits per heavy atom. The van der Waals surface area contributed by atoms with Gasteiger partial charge in [-0.05, 0) is 69.1 Å². The maximum atomic E-state index is 14.7. The first kappa shape index (κ1) is 39.1. The molecular formula is C39H53N5O5. The van der Waals surface area contributed by atoms with E-state index in [0.29, 0.717) is 16.9 Å². The summed E-state index contributed by atoms with van der Waals surface area (Å²) in [4.78, 5) is 57.0. The average Bonchev–Trinajstić information content (AvgIpc) is 3.04. The van der Waals surface area contributed by atoms with Crippen LogP contribution in [0.5, 0.6) is 0 Å². The highest BCUT2D eigenvalue weighted by atomic mass is 16.3. The van der Waals surface area contributed by atoms with E-state index in [-0.39, 0.29) is 31.6 Å². The Labute approximate surface area is 290 Å². The SMILES string of the molecule is CC(C)C[C@H](N)C(=O)N(C(=O)[C@H](Cc1ccccc1)C[C@H](O)[C@@H](N)Cc1ccccc1)C(=O)[C@H](Cc1ccccc1)NC(=O)NC(C)(C)C. The number of amides is 5. The first-order chi connectivity index (χ1) is 23.1. The molecule has 0 bridgehead atoms. The van der Waals surface area contributed by atoms with Crippen molar-refractivity contribution in [1.82, 2.24) is 15.5 Å². The predicted octanol–water partition coefficient (Wildman–Crippen LogP) is 4.13. The van der Waals surface area contributed by atoms with Crippen molar-refractivity contribution in [3.63, 3.8) is 0 Å². The highest BCUT2D eigenvalue weighted by Gasteiger charge is 2.41. The molecule has 10 nitrogen and oxygen atoms in total. The van der Waals surface area contributed by atoms with E-state index in [2.05, 4.69) is 10.6 Å². The van der Waals surface area contributed by atoms with Crippen molar-refractivity contribution in [1.29, 1.82) is 0 Å². The molecule has 0 heterocycles. The number of aliphatic hydroxyl groups is 1. The average molecular weight is 672 g/mol. The Morgan fingerprint density at radius 3 is 1.63 bits per heavy atom. The molecule has 0 aliphatic rings. The van der Waals surface area contributed by atoms with Crippen LogP contribution in [-0.2, 0) is 33.6 Å². The smallest absolute Gasteiger partial charge is 0.315 e. The zero-order chi connectivity index (χ0) is 36.1. The normalized spacial score (nSPS) is 14.6. The molecular weight excluding hydrogens is 618 g/mol. The van der Waals surface area contributed by atoms with Crippen LogP contribution in [0.2, 0.25) is 0 Å². The summed E-state index contributed by atoms with van der Waals surface area (Å²) in [6.45, 7) is 9.17. The van der Waals surface area contributed by atoms with Gasteiger partial charge in [-0.25, -0.2) is 9.69 Å². The molecule has 0 unspecified atom stereocenters. The molecule has 264 valence electrons. The van der Waals surface area contributed by atoms with Gasteiger partial charge in [-0.1, -0.05) is 105 Å². The molecule has 3 rings (SSSR count). The fourth-order valence-corrected chi connectivity index (χ4v) is 5.68. The summed E-state index contributed by atoms with van der Waals surface area (Å²) in [6.07, 6.45) is -0.509. The van der Waals surface area contributed by atoms with Crippen molar-refractivity contribution in [2.75, 3.05) is 0 Å². The second-order valence-electron chi connectivity index (χ2n) is 14.2. The highest BCUT2D eigenvalue weighted by molar-refractivity contribution is 6.14. The standard InChI is InChI=1S/C39H53N5O5/c1-26(2)21-32(41)36(47)44(37(48)33(24-29-19-13-8-14-20-29)42-38(49)43-39(3,4)5)35(46)30(22-27-15-9-6-10-16-27)25-34(45)31(40)23-28-17-11-7-12-18-28/h6-20,26,30-34,45H,21-25,40-41H2,1-5H3,(H2,42,43,49)/t30-,31+,32+,33+,34+/m1/s1. The number of urea groups is 1. The summed E-state index contributed by atoms with van der Waals surface area (Å²) in [5.74, 6) is -3.58. The molecule has 3 aromatic carbocycles. The van der Waals surface area contributed by atoms with Gasteiger partial charge < -0.3 is 27.2 Å². The number of imide groups is 3. The van der Waals surface area contributed by atoms with Crippen molar-refractivity contribution in [2.24, 2.45) is 23.3 Å². The van der Waals surface area contributed by atoms with Gasteiger partial charge in [0.1, 0.15) is 6.04 Å². The van der Waals surface area contributed by atoms with E-state index < -0.39 is 59.4 Å². The number of carbonyl (C=O) groups excluding carboxylic acids is 4. The molecule has 0 aliphatic heterocycles. The molecule has 7 N–H and O–H groups in total. The molecule has 49 heavy (non-hydrogen) atoms. The van der Waals surface area contributed by atoms with E-state index >= 15 is 0 Å². The number of benzene rings is 3. The second kappa shape index (κ2) is 18.4. The van der Waals surface area contributed by atoms with E-state index in [1.165, 1.54) is 0 Å². The van der Waals surface area contributed by atoms with Gasteiger partial charge in [0, 0.05) is 23.9 Å². The van der Waals surface area contributed by atoms with E-state index in [1.807, 2.05) is 80.6 Å². The number of nitrogens with two attached hydrogens (primary N) is 2. The molecule has 0 aromatic heterocycles. The monoisotopic (exact) mass is 671 g/mol. The number of hydrogen-bond donors (Lipinski definition) is 5. The number of nitrogens with one attached hydrogen (secondary N) is 2. The Balaban J connectivity index is 2.04. The molecule has 0 spiro atoms. The Bertz CT molecular complexity index is 1490.